The summed E-state index contributed by atoms with van der Waals surface area (Å²) in [5.74, 6) is 0.597. The monoisotopic (exact) mass is 339 g/mol. The van der Waals surface area contributed by atoms with Gasteiger partial charge in [0.25, 0.3) is 0 Å². The van der Waals surface area contributed by atoms with Gasteiger partial charge in [0.2, 0.25) is 5.88 Å². The Bertz CT molecular complexity index is 488. The molecule has 0 saturated carbocycles. The first-order valence-corrected chi connectivity index (χ1v) is 7.46. The van der Waals surface area contributed by atoms with Gasteiger partial charge in [0, 0.05) is 20.0 Å². The third-order valence-corrected chi connectivity index (χ3v) is 3.38. The molecule has 0 unspecified atom stereocenters. The zero-order valence-electron chi connectivity index (χ0n) is 12.6. The molecule has 0 aliphatic heterocycles. The second-order valence-electron chi connectivity index (χ2n) is 4.65. The number of pyridine rings is 1. The molecule has 1 aromatic rings. The molecule has 0 radical (unpaired) electrons. The summed E-state index contributed by atoms with van der Waals surface area (Å²) in [4.78, 5) is 10.9. The first-order valence-electron chi connectivity index (χ1n) is 6.67. The number of aliphatic imine (C=N–C) groups is 1. The number of aromatic nitrogens is 1. The average molecular weight is 340 g/mol. The molecule has 0 spiro atoms. The Morgan fingerprint density at radius 1 is 1.60 bits per heavy atom. The highest BCUT2D eigenvalue weighted by atomic mass is 79.9. The largest absolute Gasteiger partial charge is 0.474 e. The summed E-state index contributed by atoms with van der Waals surface area (Å²) in [5, 5.41) is 0. The number of nitrogens with zero attached hydrogens (tertiary/aromatic N) is 3. The van der Waals surface area contributed by atoms with Crippen molar-refractivity contribution in [3.63, 3.8) is 0 Å². The molecule has 0 aliphatic rings. The maximum Gasteiger partial charge on any atom is 0.228 e. The van der Waals surface area contributed by atoms with Crippen LogP contribution in [0.4, 0.5) is 5.69 Å². The number of halogens is 1. The molecular weight excluding hydrogens is 318 g/mol. The Balaban J connectivity index is 2.91. The summed E-state index contributed by atoms with van der Waals surface area (Å²) in [7, 11) is 1.98. The van der Waals surface area contributed by atoms with Crippen LogP contribution in [-0.4, -0.2) is 35.9 Å². The topological polar surface area (TPSA) is 37.7 Å². The summed E-state index contributed by atoms with van der Waals surface area (Å²) in [6.45, 7) is 10.6. The first kappa shape index (κ1) is 16.7. The van der Waals surface area contributed by atoms with Crippen LogP contribution < -0.4 is 4.74 Å². The highest BCUT2D eigenvalue weighted by molar-refractivity contribution is 9.10. The van der Waals surface area contributed by atoms with Crippen molar-refractivity contribution in [3.8, 4) is 5.88 Å². The maximum absolute atomic E-state index is 5.78. The summed E-state index contributed by atoms with van der Waals surface area (Å²) in [5.41, 5.74) is 1.68. The van der Waals surface area contributed by atoms with Crippen LogP contribution in [0.2, 0.25) is 0 Å². The number of aryl methyl sites for hydroxylation is 1. The Morgan fingerprint density at radius 2 is 2.30 bits per heavy atom. The van der Waals surface area contributed by atoms with E-state index in [9.17, 15) is 0 Å². The van der Waals surface area contributed by atoms with Gasteiger partial charge in [-0.25, -0.2) is 9.98 Å². The van der Waals surface area contributed by atoms with Crippen molar-refractivity contribution in [1.82, 2.24) is 9.88 Å². The van der Waals surface area contributed by atoms with E-state index >= 15 is 0 Å². The molecule has 0 amide bonds. The minimum Gasteiger partial charge on any atom is -0.474 e. The molecule has 0 N–H and O–H groups in total. The fourth-order valence-electron chi connectivity index (χ4n) is 1.48. The molecule has 5 heteroatoms. The van der Waals surface area contributed by atoms with Crippen LogP contribution in [0, 0.1) is 6.92 Å². The molecule has 1 rings (SSSR count). The van der Waals surface area contributed by atoms with Gasteiger partial charge >= 0.3 is 0 Å². The number of hydrogen-bond donors (Lipinski definition) is 0. The normalized spacial score (nSPS) is 12.4. The van der Waals surface area contributed by atoms with Crippen LogP contribution in [0.25, 0.3) is 0 Å². The van der Waals surface area contributed by atoms with Gasteiger partial charge in [0.1, 0.15) is 6.10 Å². The molecule has 110 valence electrons. The minimum atomic E-state index is 0.0521. The highest BCUT2D eigenvalue weighted by Gasteiger charge is 2.11. The number of ether oxygens (including phenoxy) is 1. The first-order chi connectivity index (χ1) is 9.47. The van der Waals surface area contributed by atoms with E-state index < -0.39 is 0 Å². The minimum absolute atomic E-state index is 0.0521. The van der Waals surface area contributed by atoms with Crippen molar-refractivity contribution in [2.24, 2.45) is 4.99 Å². The summed E-state index contributed by atoms with van der Waals surface area (Å²) < 4.78 is 6.59. The van der Waals surface area contributed by atoms with Crippen molar-refractivity contribution >= 4 is 28.0 Å². The number of hydrogen-bond acceptors (Lipinski definition) is 3. The molecule has 1 heterocycles. The Kier molecular flexibility index (Phi) is 6.71. The van der Waals surface area contributed by atoms with Crippen LogP contribution in [0.15, 0.2) is 28.2 Å². The predicted octanol–water partition coefficient (Wildman–Crippen LogP) is 4.11. The molecule has 0 aromatic carbocycles. The van der Waals surface area contributed by atoms with Gasteiger partial charge in [-0.15, -0.1) is 6.58 Å². The van der Waals surface area contributed by atoms with Gasteiger partial charge in [0.05, 0.1) is 22.2 Å². The molecule has 0 saturated heterocycles. The van der Waals surface area contributed by atoms with Gasteiger partial charge in [-0.1, -0.05) is 6.08 Å². The van der Waals surface area contributed by atoms with Gasteiger partial charge in [-0.3, -0.25) is 0 Å². The van der Waals surface area contributed by atoms with Gasteiger partial charge in [-0.05, 0) is 42.8 Å². The van der Waals surface area contributed by atoms with E-state index in [1.165, 1.54) is 0 Å². The molecule has 1 aromatic heterocycles. The average Bonchev–Trinajstić information content (AvgIpc) is 2.40. The van der Waals surface area contributed by atoms with E-state index in [-0.39, 0.29) is 6.10 Å². The van der Waals surface area contributed by atoms with E-state index in [4.69, 9.17) is 4.74 Å². The quantitative estimate of drug-likeness (QED) is 0.426. The second-order valence-corrected chi connectivity index (χ2v) is 5.50. The fourth-order valence-corrected chi connectivity index (χ4v) is 1.88. The van der Waals surface area contributed by atoms with Crippen LogP contribution in [0.5, 0.6) is 5.88 Å². The van der Waals surface area contributed by atoms with Crippen LogP contribution in [0.3, 0.4) is 0 Å². The van der Waals surface area contributed by atoms with Crippen molar-refractivity contribution in [2.75, 3.05) is 13.6 Å². The Hall–Kier alpha value is -1.36. The van der Waals surface area contributed by atoms with Crippen molar-refractivity contribution in [3.05, 3.63) is 28.9 Å². The van der Waals surface area contributed by atoms with E-state index in [2.05, 4.69) is 39.4 Å². The zero-order chi connectivity index (χ0) is 15.1. The third-order valence-electron chi connectivity index (χ3n) is 2.81. The van der Waals surface area contributed by atoms with Crippen LogP contribution in [-0.2, 0) is 0 Å². The lowest BCUT2D eigenvalue weighted by Crippen LogP contribution is -2.14. The standard InChI is InChI=1S/C15H22BrN3O/c1-6-8-11(3)20-15-13(16)9-14(12(4)18-15)17-10-19(5)7-2/h6,9-11H,1,7-8H2,2-5H3/t11-/m1/s1. The zero-order valence-corrected chi connectivity index (χ0v) is 14.1. The third kappa shape index (κ3) is 4.96. The maximum atomic E-state index is 5.78. The molecular formula is C15H22BrN3O. The van der Waals surface area contributed by atoms with E-state index in [0.29, 0.717) is 5.88 Å². The fraction of sp³-hybridized carbons (Fsp3) is 0.467. The van der Waals surface area contributed by atoms with Gasteiger partial charge < -0.3 is 9.64 Å². The Labute approximate surface area is 129 Å². The molecule has 1 atom stereocenters. The number of rotatable bonds is 7. The van der Waals surface area contributed by atoms with Crippen LogP contribution >= 0.6 is 15.9 Å². The predicted molar refractivity (Wildman–Crippen MR) is 88.0 cm³/mol. The van der Waals surface area contributed by atoms with Gasteiger partial charge in [0.15, 0.2) is 0 Å². The van der Waals surface area contributed by atoms with Crippen molar-refractivity contribution in [1.29, 1.82) is 0 Å². The van der Waals surface area contributed by atoms with E-state index in [1.54, 1.807) is 6.34 Å². The molecule has 4 nitrogen and oxygen atoms in total. The smallest absolute Gasteiger partial charge is 0.228 e. The van der Waals surface area contributed by atoms with E-state index in [1.807, 2.05) is 37.9 Å². The molecule has 20 heavy (non-hydrogen) atoms. The van der Waals surface area contributed by atoms with Crippen LogP contribution in [0.1, 0.15) is 26.0 Å². The second kappa shape index (κ2) is 8.04. The molecule has 0 aliphatic carbocycles. The lowest BCUT2D eigenvalue weighted by molar-refractivity contribution is 0.214. The highest BCUT2D eigenvalue weighted by Crippen LogP contribution is 2.30. The van der Waals surface area contributed by atoms with Crippen molar-refractivity contribution in [2.45, 2.75) is 33.3 Å². The summed E-state index contributed by atoms with van der Waals surface area (Å²) >= 11 is 3.48. The summed E-state index contributed by atoms with van der Waals surface area (Å²) in [6.07, 6.45) is 4.48. The van der Waals surface area contributed by atoms with E-state index in [0.717, 1.165) is 28.8 Å². The lowest BCUT2D eigenvalue weighted by Gasteiger charge is -2.14. The van der Waals surface area contributed by atoms with Crippen molar-refractivity contribution < 1.29 is 4.74 Å². The molecule has 0 bridgehead atoms. The van der Waals surface area contributed by atoms with Gasteiger partial charge in [-0.2, -0.15) is 0 Å². The SMILES string of the molecule is C=CC[C@@H](C)Oc1nc(C)c(N=CN(C)CC)cc1Br. The summed E-state index contributed by atoms with van der Waals surface area (Å²) in [6, 6.07) is 1.93. The Morgan fingerprint density at radius 3 is 2.90 bits per heavy atom. The molecule has 0 fully saturated rings. The lowest BCUT2D eigenvalue weighted by atomic mass is 10.3.